The van der Waals surface area contributed by atoms with Crippen LogP contribution in [0.3, 0.4) is 0 Å². The molecule has 2 aromatic rings. The molecule has 0 saturated carbocycles. The Hall–Kier alpha value is -2.57. The number of H-pyrrole nitrogens is 1. The lowest BCUT2D eigenvalue weighted by Gasteiger charge is -2.20. The first kappa shape index (κ1) is 15.8. The Labute approximate surface area is 128 Å². The van der Waals surface area contributed by atoms with Crippen LogP contribution < -0.4 is 5.32 Å². The Balaban J connectivity index is 1.98. The van der Waals surface area contributed by atoms with Gasteiger partial charge >= 0.3 is 12.0 Å². The lowest BCUT2D eigenvalue weighted by atomic mass is 10.2. The van der Waals surface area contributed by atoms with Gasteiger partial charge in [0, 0.05) is 19.5 Å². The van der Waals surface area contributed by atoms with E-state index in [9.17, 15) is 9.59 Å². The third-order valence-electron chi connectivity index (χ3n) is 3.44. The van der Waals surface area contributed by atoms with Crippen molar-refractivity contribution in [2.75, 3.05) is 19.6 Å². The van der Waals surface area contributed by atoms with Crippen LogP contribution in [0.2, 0.25) is 0 Å². The molecule has 2 rings (SSSR count). The van der Waals surface area contributed by atoms with Gasteiger partial charge in [-0.25, -0.2) is 9.78 Å². The molecule has 0 radical (unpaired) electrons. The number of carboxylic acids is 1. The molecule has 7 nitrogen and oxygen atoms in total. The Morgan fingerprint density at radius 1 is 1.41 bits per heavy atom. The molecule has 22 heavy (non-hydrogen) atoms. The highest BCUT2D eigenvalue weighted by molar-refractivity contribution is 5.80. The summed E-state index contributed by atoms with van der Waals surface area (Å²) < 4.78 is 0. The number of carbonyl (C=O) groups is 2. The molecule has 0 aliphatic carbocycles. The zero-order valence-corrected chi connectivity index (χ0v) is 12.7. The fraction of sp³-hybridized carbons (Fsp3) is 0.400. The Kier molecular flexibility index (Phi) is 4.98. The summed E-state index contributed by atoms with van der Waals surface area (Å²) in [5, 5.41) is 10.9. The number of aromatic amines is 1. The molecule has 0 fully saturated rings. The lowest BCUT2D eigenvalue weighted by Crippen LogP contribution is -2.42. The molecule has 1 aromatic carbocycles. The largest absolute Gasteiger partial charge is 0.480 e. The number of nitrogens with zero attached hydrogens (tertiary/aromatic N) is 2. The maximum atomic E-state index is 11.8. The Morgan fingerprint density at radius 2 is 2.18 bits per heavy atom. The molecule has 0 saturated heterocycles. The number of hydrogen-bond acceptors (Lipinski definition) is 3. The van der Waals surface area contributed by atoms with E-state index < -0.39 is 5.97 Å². The van der Waals surface area contributed by atoms with Crippen LogP contribution in [0, 0.1) is 6.92 Å². The number of amides is 2. The van der Waals surface area contributed by atoms with Gasteiger partial charge in [-0.1, -0.05) is 12.1 Å². The number of hydrogen-bond donors (Lipinski definition) is 3. The summed E-state index contributed by atoms with van der Waals surface area (Å²) in [6.07, 6.45) is 0.586. The lowest BCUT2D eigenvalue weighted by molar-refractivity contribution is -0.135. The molecule has 3 N–H and O–H groups in total. The molecule has 0 spiro atoms. The van der Waals surface area contributed by atoms with Crippen molar-refractivity contribution in [2.45, 2.75) is 20.3 Å². The van der Waals surface area contributed by atoms with Crippen molar-refractivity contribution in [2.24, 2.45) is 0 Å². The SMILES string of the molecule is CCN(CCc1nc2c(C)cccc2[nH]1)C(=O)NCC(=O)O. The number of carbonyl (C=O) groups excluding carboxylic acids is 1. The Morgan fingerprint density at radius 3 is 2.82 bits per heavy atom. The van der Waals surface area contributed by atoms with E-state index in [1.54, 1.807) is 4.90 Å². The van der Waals surface area contributed by atoms with Gasteiger partial charge in [0.05, 0.1) is 11.0 Å². The third kappa shape index (κ3) is 3.75. The van der Waals surface area contributed by atoms with E-state index in [2.05, 4.69) is 15.3 Å². The van der Waals surface area contributed by atoms with Gasteiger partial charge in [-0.3, -0.25) is 4.79 Å². The first-order chi connectivity index (χ1) is 10.5. The van der Waals surface area contributed by atoms with Crippen LogP contribution in [0.4, 0.5) is 4.79 Å². The molecular weight excluding hydrogens is 284 g/mol. The summed E-state index contributed by atoms with van der Waals surface area (Å²) in [6, 6.07) is 5.56. The zero-order chi connectivity index (χ0) is 16.1. The van der Waals surface area contributed by atoms with E-state index >= 15 is 0 Å². The second kappa shape index (κ2) is 6.93. The first-order valence-corrected chi connectivity index (χ1v) is 7.20. The van der Waals surface area contributed by atoms with Crippen LogP contribution in [0.5, 0.6) is 0 Å². The van der Waals surface area contributed by atoms with Crippen molar-refractivity contribution in [3.63, 3.8) is 0 Å². The number of rotatable bonds is 6. The molecule has 1 aromatic heterocycles. The number of likely N-dealkylation sites (N-methyl/N-ethyl adjacent to an activating group) is 1. The quantitative estimate of drug-likeness (QED) is 0.753. The average molecular weight is 304 g/mol. The minimum Gasteiger partial charge on any atom is -0.480 e. The number of carboxylic acid groups (broad SMARTS) is 1. The fourth-order valence-electron chi connectivity index (χ4n) is 2.25. The van der Waals surface area contributed by atoms with Gasteiger partial charge in [0.1, 0.15) is 12.4 Å². The number of benzene rings is 1. The van der Waals surface area contributed by atoms with Crippen molar-refractivity contribution in [1.82, 2.24) is 20.2 Å². The minimum absolute atomic E-state index is 0.376. The number of aryl methyl sites for hydroxylation is 1. The molecule has 2 amide bonds. The highest BCUT2D eigenvalue weighted by Gasteiger charge is 2.13. The summed E-state index contributed by atoms with van der Waals surface area (Å²) in [7, 11) is 0. The average Bonchev–Trinajstić information content (AvgIpc) is 2.90. The molecule has 0 aliphatic rings. The van der Waals surface area contributed by atoms with E-state index in [1.807, 2.05) is 32.0 Å². The van der Waals surface area contributed by atoms with Crippen molar-refractivity contribution >= 4 is 23.0 Å². The number of aliphatic carboxylic acids is 1. The number of aromatic nitrogens is 2. The molecule has 0 atom stereocenters. The maximum Gasteiger partial charge on any atom is 0.323 e. The number of nitrogens with one attached hydrogen (secondary N) is 2. The topological polar surface area (TPSA) is 98.3 Å². The Bertz CT molecular complexity index is 680. The van der Waals surface area contributed by atoms with E-state index in [0.717, 1.165) is 22.4 Å². The predicted molar refractivity (Wildman–Crippen MR) is 82.8 cm³/mol. The van der Waals surface area contributed by atoms with Gasteiger partial charge in [-0.05, 0) is 25.5 Å². The van der Waals surface area contributed by atoms with E-state index in [0.29, 0.717) is 19.5 Å². The van der Waals surface area contributed by atoms with Crippen LogP contribution >= 0.6 is 0 Å². The van der Waals surface area contributed by atoms with Crippen LogP contribution in [0.1, 0.15) is 18.3 Å². The number of fused-ring (bicyclic) bond motifs is 1. The molecule has 7 heteroatoms. The summed E-state index contributed by atoms with van der Waals surface area (Å²) in [6.45, 7) is 4.46. The number of para-hydroxylation sites is 1. The van der Waals surface area contributed by atoms with Gasteiger partial charge in [-0.2, -0.15) is 0 Å². The van der Waals surface area contributed by atoms with Gasteiger partial charge in [-0.15, -0.1) is 0 Å². The predicted octanol–water partition coefficient (Wildman–Crippen LogP) is 1.53. The van der Waals surface area contributed by atoms with Crippen LogP contribution in [0.15, 0.2) is 18.2 Å². The number of imidazole rings is 1. The monoisotopic (exact) mass is 304 g/mol. The first-order valence-electron chi connectivity index (χ1n) is 7.20. The molecular formula is C15H20N4O3. The van der Waals surface area contributed by atoms with Gasteiger partial charge in [0.2, 0.25) is 0 Å². The standard InChI is InChI=1S/C15H20N4O3/c1-3-19(15(22)16-9-13(20)21)8-7-12-17-11-6-4-5-10(2)14(11)18-12/h4-6H,3,7-9H2,1-2H3,(H,16,22)(H,17,18)(H,20,21). The zero-order valence-electron chi connectivity index (χ0n) is 12.7. The van der Waals surface area contributed by atoms with Crippen molar-refractivity contribution in [1.29, 1.82) is 0 Å². The summed E-state index contributed by atoms with van der Waals surface area (Å²) in [5.74, 6) is -0.244. The van der Waals surface area contributed by atoms with E-state index in [4.69, 9.17) is 5.11 Å². The fourth-order valence-corrected chi connectivity index (χ4v) is 2.25. The maximum absolute atomic E-state index is 11.8. The second-order valence-electron chi connectivity index (χ2n) is 5.04. The highest BCUT2D eigenvalue weighted by Crippen LogP contribution is 2.15. The molecule has 0 unspecified atom stereocenters. The van der Waals surface area contributed by atoms with Crippen LogP contribution in [-0.4, -0.2) is 51.6 Å². The van der Waals surface area contributed by atoms with Crippen molar-refractivity contribution in [3.05, 3.63) is 29.6 Å². The molecule has 0 bridgehead atoms. The van der Waals surface area contributed by atoms with Gasteiger partial charge in [0.25, 0.3) is 0 Å². The minimum atomic E-state index is -1.06. The summed E-state index contributed by atoms with van der Waals surface area (Å²) in [5.41, 5.74) is 3.02. The summed E-state index contributed by atoms with van der Waals surface area (Å²) >= 11 is 0. The highest BCUT2D eigenvalue weighted by atomic mass is 16.4. The third-order valence-corrected chi connectivity index (χ3v) is 3.44. The van der Waals surface area contributed by atoms with Crippen LogP contribution in [-0.2, 0) is 11.2 Å². The van der Waals surface area contributed by atoms with E-state index in [1.165, 1.54) is 0 Å². The van der Waals surface area contributed by atoms with E-state index in [-0.39, 0.29) is 12.6 Å². The van der Waals surface area contributed by atoms with Gasteiger partial charge < -0.3 is 20.3 Å². The summed E-state index contributed by atoms with van der Waals surface area (Å²) in [4.78, 5) is 31.7. The van der Waals surface area contributed by atoms with Gasteiger partial charge in [0.15, 0.2) is 0 Å². The number of urea groups is 1. The van der Waals surface area contributed by atoms with Crippen LogP contribution in [0.25, 0.3) is 11.0 Å². The molecule has 0 aliphatic heterocycles. The molecule has 118 valence electrons. The van der Waals surface area contributed by atoms with Crippen molar-refractivity contribution < 1.29 is 14.7 Å². The molecule has 1 heterocycles. The second-order valence-corrected chi connectivity index (χ2v) is 5.04. The normalized spacial score (nSPS) is 10.6. The van der Waals surface area contributed by atoms with Crippen molar-refractivity contribution in [3.8, 4) is 0 Å². The smallest absolute Gasteiger partial charge is 0.323 e.